The van der Waals surface area contributed by atoms with E-state index in [-0.39, 0.29) is 0 Å². The molecular weight excluding hydrogens is 250 g/mol. The van der Waals surface area contributed by atoms with E-state index in [9.17, 15) is 0 Å². The summed E-state index contributed by atoms with van der Waals surface area (Å²) in [6.45, 7) is 7.56. The van der Waals surface area contributed by atoms with Gasteiger partial charge in [0.05, 0.1) is 0 Å². The SMILES string of the molecule is Cc1ccc(SC(C)CNc2ccccc2)cc1C. The minimum atomic E-state index is 0.544. The van der Waals surface area contributed by atoms with Crippen LogP contribution in [-0.2, 0) is 0 Å². The summed E-state index contributed by atoms with van der Waals surface area (Å²) in [6.07, 6.45) is 0. The van der Waals surface area contributed by atoms with Crippen LogP contribution in [0.4, 0.5) is 5.69 Å². The average molecular weight is 271 g/mol. The molecule has 0 radical (unpaired) electrons. The van der Waals surface area contributed by atoms with Gasteiger partial charge in [-0.25, -0.2) is 0 Å². The van der Waals surface area contributed by atoms with Crippen LogP contribution in [0.5, 0.6) is 0 Å². The maximum Gasteiger partial charge on any atom is 0.0340 e. The summed E-state index contributed by atoms with van der Waals surface area (Å²) in [5.74, 6) is 0. The molecule has 0 saturated heterocycles. The number of rotatable bonds is 5. The zero-order chi connectivity index (χ0) is 13.7. The van der Waals surface area contributed by atoms with Crippen LogP contribution in [0, 0.1) is 13.8 Å². The first-order valence-electron chi connectivity index (χ1n) is 6.68. The quantitative estimate of drug-likeness (QED) is 0.777. The second kappa shape index (κ2) is 6.67. The van der Waals surface area contributed by atoms with E-state index in [1.54, 1.807) is 0 Å². The molecule has 0 saturated carbocycles. The van der Waals surface area contributed by atoms with Gasteiger partial charge in [-0.2, -0.15) is 0 Å². The zero-order valence-corrected chi connectivity index (χ0v) is 12.6. The Bertz CT molecular complexity index is 522. The van der Waals surface area contributed by atoms with Crippen LogP contribution in [0.2, 0.25) is 0 Å². The van der Waals surface area contributed by atoms with E-state index in [4.69, 9.17) is 0 Å². The first-order chi connectivity index (χ1) is 9.15. The molecule has 2 aromatic carbocycles. The van der Waals surface area contributed by atoms with Crippen molar-refractivity contribution in [2.75, 3.05) is 11.9 Å². The first-order valence-corrected chi connectivity index (χ1v) is 7.56. The van der Waals surface area contributed by atoms with Gasteiger partial charge >= 0.3 is 0 Å². The van der Waals surface area contributed by atoms with E-state index in [1.165, 1.54) is 21.7 Å². The molecule has 0 spiro atoms. The number of para-hydroxylation sites is 1. The van der Waals surface area contributed by atoms with Crippen molar-refractivity contribution in [3.8, 4) is 0 Å². The minimum absolute atomic E-state index is 0.544. The molecule has 1 N–H and O–H groups in total. The maximum atomic E-state index is 3.47. The molecule has 0 amide bonds. The number of thioether (sulfide) groups is 1. The molecule has 0 aromatic heterocycles. The topological polar surface area (TPSA) is 12.0 Å². The van der Waals surface area contributed by atoms with Crippen LogP contribution >= 0.6 is 11.8 Å². The van der Waals surface area contributed by atoms with Gasteiger partial charge in [-0.3, -0.25) is 0 Å². The Hall–Kier alpha value is -1.41. The fourth-order valence-corrected chi connectivity index (χ4v) is 2.90. The molecule has 0 bridgehead atoms. The molecule has 0 aliphatic rings. The lowest BCUT2D eigenvalue weighted by Crippen LogP contribution is -2.12. The molecule has 1 nitrogen and oxygen atoms in total. The molecule has 2 heteroatoms. The Morgan fingerprint density at radius 1 is 1.00 bits per heavy atom. The summed E-state index contributed by atoms with van der Waals surface area (Å²) >= 11 is 1.92. The van der Waals surface area contributed by atoms with E-state index in [2.05, 4.69) is 68.6 Å². The summed E-state index contributed by atoms with van der Waals surface area (Å²) in [5, 5.41) is 4.01. The van der Waals surface area contributed by atoms with Crippen molar-refractivity contribution in [3.63, 3.8) is 0 Å². The second-order valence-corrected chi connectivity index (χ2v) is 6.43. The molecule has 0 aliphatic heterocycles. The lowest BCUT2D eigenvalue weighted by Gasteiger charge is -2.14. The van der Waals surface area contributed by atoms with Crippen molar-refractivity contribution in [2.24, 2.45) is 0 Å². The highest BCUT2D eigenvalue weighted by Crippen LogP contribution is 2.25. The van der Waals surface area contributed by atoms with Crippen LogP contribution in [0.3, 0.4) is 0 Å². The normalized spacial score (nSPS) is 12.2. The molecule has 100 valence electrons. The summed E-state index contributed by atoms with van der Waals surface area (Å²) in [4.78, 5) is 1.35. The van der Waals surface area contributed by atoms with Crippen molar-refractivity contribution in [3.05, 3.63) is 59.7 Å². The van der Waals surface area contributed by atoms with E-state index in [0.717, 1.165) is 6.54 Å². The van der Waals surface area contributed by atoms with Crippen molar-refractivity contribution in [2.45, 2.75) is 30.9 Å². The van der Waals surface area contributed by atoms with E-state index < -0.39 is 0 Å². The van der Waals surface area contributed by atoms with E-state index >= 15 is 0 Å². The van der Waals surface area contributed by atoms with Crippen LogP contribution in [0.25, 0.3) is 0 Å². The minimum Gasteiger partial charge on any atom is -0.384 e. The molecule has 19 heavy (non-hydrogen) atoms. The Labute approximate surface area is 120 Å². The molecule has 0 fully saturated rings. The van der Waals surface area contributed by atoms with Gasteiger partial charge in [-0.15, -0.1) is 11.8 Å². The average Bonchev–Trinajstić information content (AvgIpc) is 2.42. The van der Waals surface area contributed by atoms with Crippen LogP contribution in [0.15, 0.2) is 53.4 Å². The Balaban J connectivity index is 1.87. The molecule has 2 aromatic rings. The van der Waals surface area contributed by atoms with Gasteiger partial charge < -0.3 is 5.32 Å². The second-order valence-electron chi connectivity index (χ2n) is 4.92. The third kappa shape index (κ3) is 4.32. The Morgan fingerprint density at radius 2 is 1.74 bits per heavy atom. The van der Waals surface area contributed by atoms with Gasteiger partial charge in [0.2, 0.25) is 0 Å². The molecule has 2 rings (SSSR count). The zero-order valence-electron chi connectivity index (χ0n) is 11.8. The fraction of sp³-hybridized carbons (Fsp3) is 0.294. The van der Waals surface area contributed by atoms with Crippen molar-refractivity contribution in [1.29, 1.82) is 0 Å². The highest BCUT2D eigenvalue weighted by atomic mass is 32.2. The lowest BCUT2D eigenvalue weighted by molar-refractivity contribution is 0.998. The standard InChI is InChI=1S/C17H21NS/c1-13-9-10-17(11-14(13)2)19-15(3)12-18-16-7-5-4-6-8-16/h4-11,15,18H,12H2,1-3H3. The largest absolute Gasteiger partial charge is 0.384 e. The summed E-state index contributed by atoms with van der Waals surface area (Å²) in [5.41, 5.74) is 3.92. The molecular formula is C17H21NS. The number of benzene rings is 2. The molecule has 0 heterocycles. The van der Waals surface area contributed by atoms with E-state index in [0.29, 0.717) is 5.25 Å². The van der Waals surface area contributed by atoms with Crippen molar-refractivity contribution in [1.82, 2.24) is 0 Å². The predicted molar refractivity (Wildman–Crippen MR) is 86.2 cm³/mol. The third-order valence-corrected chi connectivity index (χ3v) is 4.28. The summed E-state index contributed by atoms with van der Waals surface area (Å²) < 4.78 is 0. The van der Waals surface area contributed by atoms with Gasteiger partial charge in [0, 0.05) is 22.4 Å². The fourth-order valence-electron chi connectivity index (χ4n) is 1.88. The van der Waals surface area contributed by atoms with Gasteiger partial charge in [0.25, 0.3) is 0 Å². The lowest BCUT2D eigenvalue weighted by atomic mass is 10.1. The monoisotopic (exact) mass is 271 g/mol. The molecule has 1 atom stereocenters. The number of hydrogen-bond donors (Lipinski definition) is 1. The van der Waals surface area contributed by atoms with Gasteiger partial charge in [-0.05, 0) is 49.2 Å². The van der Waals surface area contributed by atoms with Crippen molar-refractivity contribution < 1.29 is 0 Å². The predicted octanol–water partition coefficient (Wildman–Crippen LogP) is 4.90. The number of nitrogens with one attached hydrogen (secondary N) is 1. The summed E-state index contributed by atoms with van der Waals surface area (Å²) in [7, 11) is 0. The number of hydrogen-bond acceptors (Lipinski definition) is 2. The molecule has 0 aliphatic carbocycles. The number of aryl methyl sites for hydroxylation is 2. The third-order valence-electron chi connectivity index (χ3n) is 3.18. The smallest absolute Gasteiger partial charge is 0.0340 e. The maximum absolute atomic E-state index is 3.47. The van der Waals surface area contributed by atoms with Crippen molar-refractivity contribution >= 4 is 17.4 Å². The summed E-state index contributed by atoms with van der Waals surface area (Å²) in [6, 6.07) is 17.1. The van der Waals surface area contributed by atoms with Crippen LogP contribution in [-0.4, -0.2) is 11.8 Å². The first kappa shape index (κ1) is 14.0. The van der Waals surface area contributed by atoms with E-state index in [1.807, 2.05) is 17.8 Å². The Kier molecular flexibility index (Phi) is 4.92. The van der Waals surface area contributed by atoms with Crippen LogP contribution in [0.1, 0.15) is 18.1 Å². The van der Waals surface area contributed by atoms with Gasteiger partial charge in [0.1, 0.15) is 0 Å². The number of anilines is 1. The Morgan fingerprint density at radius 3 is 2.42 bits per heavy atom. The molecule has 1 unspecified atom stereocenters. The highest BCUT2D eigenvalue weighted by molar-refractivity contribution is 8.00. The van der Waals surface area contributed by atoms with Crippen LogP contribution < -0.4 is 5.32 Å². The van der Waals surface area contributed by atoms with Gasteiger partial charge in [-0.1, -0.05) is 31.2 Å². The van der Waals surface area contributed by atoms with Gasteiger partial charge in [0.15, 0.2) is 0 Å². The highest BCUT2D eigenvalue weighted by Gasteiger charge is 2.05.